The lowest BCUT2D eigenvalue weighted by molar-refractivity contribution is -0.115. The van der Waals surface area contributed by atoms with Crippen LogP contribution >= 0.6 is 11.3 Å². The average Bonchev–Trinajstić information content (AvgIpc) is 3.11. The van der Waals surface area contributed by atoms with Crippen LogP contribution in [0.1, 0.15) is 69.5 Å². The van der Waals surface area contributed by atoms with Gasteiger partial charge in [0.25, 0.3) is 0 Å². The summed E-state index contributed by atoms with van der Waals surface area (Å²) in [6.07, 6.45) is 11.9. The second kappa shape index (κ2) is 12.9. The molecule has 1 aromatic heterocycles. The minimum Gasteiger partial charge on any atom is -0.370 e. The lowest BCUT2D eigenvalue weighted by atomic mass is 10.0. The highest BCUT2D eigenvalue weighted by Crippen LogP contribution is 2.19. The molecule has 0 aliphatic rings. The predicted octanol–water partition coefficient (Wildman–Crippen LogP) is 4.91. The number of nitrogens with two attached hydrogens (primary N) is 2. The van der Waals surface area contributed by atoms with Crippen molar-refractivity contribution >= 4 is 34.0 Å². The first-order chi connectivity index (χ1) is 14.1. The first kappa shape index (κ1) is 22.9. The summed E-state index contributed by atoms with van der Waals surface area (Å²) >= 11 is 1.31. The van der Waals surface area contributed by atoms with Crippen LogP contribution in [0.2, 0.25) is 0 Å². The number of amides is 1. The maximum absolute atomic E-state index is 12.2. The zero-order chi connectivity index (χ0) is 20.9. The van der Waals surface area contributed by atoms with Crippen LogP contribution in [0.25, 0.3) is 0 Å². The number of carbonyl (C=O) groups is 1. The lowest BCUT2D eigenvalue weighted by Crippen LogP contribution is -2.21. The van der Waals surface area contributed by atoms with Crippen LogP contribution in [0.15, 0.2) is 34.6 Å². The van der Waals surface area contributed by atoms with E-state index < -0.39 is 0 Å². The van der Waals surface area contributed by atoms with E-state index in [1.807, 2.05) is 12.1 Å². The molecule has 1 amide bonds. The number of guanidine groups is 1. The monoisotopic (exact) mass is 415 g/mol. The summed E-state index contributed by atoms with van der Waals surface area (Å²) in [5.74, 6) is -0.148. The van der Waals surface area contributed by atoms with E-state index in [9.17, 15) is 4.79 Å². The van der Waals surface area contributed by atoms with Gasteiger partial charge in [0.05, 0.1) is 12.1 Å². The highest BCUT2D eigenvalue weighted by Gasteiger charge is 2.08. The predicted molar refractivity (Wildman–Crippen MR) is 123 cm³/mol. The zero-order valence-corrected chi connectivity index (χ0v) is 18.1. The van der Waals surface area contributed by atoms with Crippen LogP contribution in [0, 0.1) is 0 Å². The van der Waals surface area contributed by atoms with Crippen LogP contribution in [0.3, 0.4) is 0 Å². The van der Waals surface area contributed by atoms with E-state index in [1.54, 1.807) is 5.38 Å². The number of carbonyl (C=O) groups excluding carboxylic acids is 1. The largest absolute Gasteiger partial charge is 0.370 e. The molecule has 0 unspecified atom stereocenters. The van der Waals surface area contributed by atoms with Crippen molar-refractivity contribution in [2.24, 2.45) is 16.5 Å². The molecule has 0 radical (unpaired) electrons. The molecule has 2 rings (SSSR count). The summed E-state index contributed by atoms with van der Waals surface area (Å²) in [5, 5.41) is 5.15. The first-order valence-electron chi connectivity index (χ1n) is 10.5. The molecular weight excluding hydrogens is 382 g/mol. The Morgan fingerprint density at radius 3 is 2.34 bits per heavy atom. The van der Waals surface area contributed by atoms with Crippen molar-refractivity contribution in [3.8, 4) is 0 Å². The smallest absolute Gasteiger partial charge is 0.230 e. The number of nitrogens with zero attached hydrogens (tertiary/aromatic N) is 2. The Balaban J connectivity index is 1.67. The molecule has 0 fully saturated rings. The summed E-state index contributed by atoms with van der Waals surface area (Å²) in [6.45, 7) is 2.25. The summed E-state index contributed by atoms with van der Waals surface area (Å²) in [5.41, 5.74) is 13.4. The van der Waals surface area contributed by atoms with Gasteiger partial charge in [-0.15, -0.1) is 11.3 Å². The number of nitrogens with one attached hydrogen (secondary N) is 1. The molecule has 0 spiro atoms. The van der Waals surface area contributed by atoms with Crippen molar-refractivity contribution in [2.75, 3.05) is 5.32 Å². The van der Waals surface area contributed by atoms with Gasteiger partial charge in [0, 0.05) is 11.1 Å². The quantitative estimate of drug-likeness (QED) is 0.245. The van der Waals surface area contributed by atoms with Crippen LogP contribution in [-0.2, 0) is 17.6 Å². The molecule has 29 heavy (non-hydrogen) atoms. The molecule has 158 valence electrons. The zero-order valence-electron chi connectivity index (χ0n) is 17.3. The second-order valence-corrected chi connectivity index (χ2v) is 8.14. The number of thiazole rings is 1. The number of benzene rings is 1. The minimum atomic E-state index is -0.109. The van der Waals surface area contributed by atoms with Crippen LogP contribution in [0.4, 0.5) is 10.8 Å². The molecule has 1 aromatic carbocycles. The highest BCUT2D eigenvalue weighted by molar-refractivity contribution is 7.13. The standard InChI is InChI=1S/C22H33N5OS/c1-2-3-4-5-6-7-8-9-10-17-11-13-18(14-12-17)25-20(28)15-19-16-29-22(26-19)27-21(23)24/h11-14,16H,2-10,15H2,1H3,(H,25,28)(H4,23,24,26,27). The Kier molecular flexibility index (Phi) is 10.2. The summed E-state index contributed by atoms with van der Waals surface area (Å²) in [7, 11) is 0. The van der Waals surface area contributed by atoms with Crippen molar-refractivity contribution < 1.29 is 4.79 Å². The number of aryl methyl sites for hydroxylation is 1. The fourth-order valence-corrected chi connectivity index (χ4v) is 3.83. The fraction of sp³-hybridized carbons (Fsp3) is 0.500. The van der Waals surface area contributed by atoms with Crippen LogP contribution < -0.4 is 16.8 Å². The molecule has 2 aromatic rings. The van der Waals surface area contributed by atoms with Crippen molar-refractivity contribution in [3.05, 3.63) is 40.9 Å². The molecule has 0 saturated heterocycles. The van der Waals surface area contributed by atoms with Gasteiger partial charge in [0.2, 0.25) is 11.0 Å². The number of unbranched alkanes of at least 4 members (excludes halogenated alkanes) is 7. The highest BCUT2D eigenvalue weighted by atomic mass is 32.1. The summed E-state index contributed by atoms with van der Waals surface area (Å²) in [6, 6.07) is 8.11. The third-order valence-corrected chi connectivity index (χ3v) is 5.45. The number of rotatable bonds is 13. The molecule has 1 heterocycles. The first-order valence-corrected chi connectivity index (χ1v) is 11.4. The number of anilines is 1. The van der Waals surface area contributed by atoms with E-state index in [0.29, 0.717) is 10.8 Å². The Morgan fingerprint density at radius 2 is 1.69 bits per heavy atom. The van der Waals surface area contributed by atoms with E-state index in [4.69, 9.17) is 11.5 Å². The van der Waals surface area contributed by atoms with Crippen LogP contribution in [-0.4, -0.2) is 16.9 Å². The number of aromatic nitrogens is 1. The second-order valence-electron chi connectivity index (χ2n) is 7.30. The number of aliphatic imine (C=N–C) groups is 1. The number of hydrogen-bond acceptors (Lipinski definition) is 4. The van der Waals surface area contributed by atoms with Gasteiger partial charge in [-0.1, -0.05) is 64.0 Å². The summed E-state index contributed by atoms with van der Waals surface area (Å²) in [4.78, 5) is 20.3. The van der Waals surface area contributed by atoms with Gasteiger partial charge < -0.3 is 16.8 Å². The Bertz CT molecular complexity index is 766. The number of hydrogen-bond donors (Lipinski definition) is 3. The van der Waals surface area contributed by atoms with Gasteiger partial charge in [-0.3, -0.25) is 4.79 Å². The van der Waals surface area contributed by atoms with Crippen LogP contribution in [0.5, 0.6) is 0 Å². The Labute approximate surface area is 177 Å². The van der Waals surface area contributed by atoms with Gasteiger partial charge in [-0.25, -0.2) is 4.98 Å². The van der Waals surface area contributed by atoms with E-state index in [-0.39, 0.29) is 18.3 Å². The van der Waals surface area contributed by atoms with E-state index in [1.165, 1.54) is 68.3 Å². The third-order valence-electron chi connectivity index (χ3n) is 4.66. The Hall–Kier alpha value is -2.41. The molecule has 7 heteroatoms. The maximum Gasteiger partial charge on any atom is 0.230 e. The normalized spacial score (nSPS) is 10.7. The van der Waals surface area contributed by atoms with Crippen molar-refractivity contribution in [1.29, 1.82) is 0 Å². The van der Waals surface area contributed by atoms with Gasteiger partial charge in [0.1, 0.15) is 0 Å². The van der Waals surface area contributed by atoms with Gasteiger partial charge in [-0.2, -0.15) is 4.99 Å². The minimum absolute atomic E-state index is 0.0394. The fourth-order valence-electron chi connectivity index (χ4n) is 3.13. The maximum atomic E-state index is 12.2. The lowest BCUT2D eigenvalue weighted by Gasteiger charge is -2.06. The topological polar surface area (TPSA) is 106 Å². The molecule has 6 nitrogen and oxygen atoms in total. The van der Waals surface area contributed by atoms with Gasteiger partial charge in [0.15, 0.2) is 5.96 Å². The van der Waals surface area contributed by atoms with Crippen molar-refractivity contribution in [2.45, 2.75) is 71.1 Å². The molecule has 0 atom stereocenters. The summed E-state index contributed by atoms with van der Waals surface area (Å²) < 4.78 is 0. The molecule has 0 saturated carbocycles. The van der Waals surface area contributed by atoms with Gasteiger partial charge >= 0.3 is 0 Å². The van der Waals surface area contributed by atoms with E-state index in [0.717, 1.165) is 12.1 Å². The molecule has 0 bridgehead atoms. The molecule has 5 N–H and O–H groups in total. The van der Waals surface area contributed by atoms with E-state index in [2.05, 4.69) is 34.3 Å². The molecule has 0 aliphatic heterocycles. The van der Waals surface area contributed by atoms with E-state index >= 15 is 0 Å². The third kappa shape index (κ3) is 9.56. The van der Waals surface area contributed by atoms with Gasteiger partial charge in [-0.05, 0) is 30.5 Å². The van der Waals surface area contributed by atoms with Crippen molar-refractivity contribution in [1.82, 2.24) is 4.98 Å². The molecular formula is C22H33N5OS. The average molecular weight is 416 g/mol. The van der Waals surface area contributed by atoms with Crippen molar-refractivity contribution in [3.63, 3.8) is 0 Å². The SMILES string of the molecule is CCCCCCCCCCc1ccc(NC(=O)Cc2csc(N=C(N)N)n2)cc1. The Morgan fingerprint density at radius 1 is 1.03 bits per heavy atom. The molecule has 0 aliphatic carbocycles.